The maximum atomic E-state index is 12.6. The lowest BCUT2D eigenvalue weighted by molar-refractivity contribution is -0.162. The summed E-state index contributed by atoms with van der Waals surface area (Å²) >= 11 is 0. The van der Waals surface area contributed by atoms with Crippen molar-refractivity contribution in [3.63, 3.8) is 0 Å². The first kappa shape index (κ1) is 14.6. The molecule has 0 aliphatic heterocycles. The molecule has 0 aromatic carbocycles. The van der Waals surface area contributed by atoms with E-state index in [1.807, 2.05) is 10.6 Å². The summed E-state index contributed by atoms with van der Waals surface area (Å²) in [6, 6.07) is -2.32. The lowest BCUT2D eigenvalue weighted by Gasteiger charge is -2.23. The molecule has 0 radical (unpaired) electrons. The Hall–Kier alpha value is -1.47. The predicted octanol–water partition coefficient (Wildman–Crippen LogP) is 1.49. The van der Waals surface area contributed by atoms with Crippen LogP contribution in [0.4, 0.5) is 18.0 Å². The molecule has 1 saturated carbocycles. The average Bonchev–Trinajstić information content (AvgIpc) is 2.93. The molecule has 0 saturated heterocycles. The Morgan fingerprint density at radius 3 is 2.06 bits per heavy atom. The SMILES string of the molecule is CC(C)[C@@H](NC(=O)NC1(C(F)(F)F)CC1)C(=O)O. The van der Waals surface area contributed by atoms with E-state index in [0.717, 1.165) is 0 Å². The minimum atomic E-state index is -4.51. The van der Waals surface area contributed by atoms with Gasteiger partial charge in [0.1, 0.15) is 11.6 Å². The van der Waals surface area contributed by atoms with Gasteiger partial charge in [-0.05, 0) is 18.8 Å². The van der Waals surface area contributed by atoms with Gasteiger partial charge in [-0.3, -0.25) is 0 Å². The largest absolute Gasteiger partial charge is 0.480 e. The fraction of sp³-hybridized carbons (Fsp3) is 0.800. The minimum absolute atomic E-state index is 0.177. The zero-order valence-corrected chi connectivity index (χ0v) is 9.97. The monoisotopic (exact) mass is 268 g/mol. The number of carboxylic acids is 1. The minimum Gasteiger partial charge on any atom is -0.480 e. The lowest BCUT2D eigenvalue weighted by Crippen LogP contribution is -2.55. The van der Waals surface area contributed by atoms with Crippen LogP contribution in [0.15, 0.2) is 0 Å². The van der Waals surface area contributed by atoms with E-state index in [9.17, 15) is 22.8 Å². The molecule has 0 aromatic heterocycles. The van der Waals surface area contributed by atoms with Gasteiger partial charge in [-0.25, -0.2) is 9.59 Å². The van der Waals surface area contributed by atoms with Gasteiger partial charge in [-0.2, -0.15) is 13.2 Å². The Morgan fingerprint density at radius 2 is 1.78 bits per heavy atom. The molecule has 3 N–H and O–H groups in total. The van der Waals surface area contributed by atoms with Gasteiger partial charge in [-0.1, -0.05) is 13.8 Å². The van der Waals surface area contributed by atoms with Crippen LogP contribution in [0.25, 0.3) is 0 Å². The number of amides is 2. The van der Waals surface area contributed by atoms with Crippen molar-refractivity contribution in [2.45, 2.75) is 44.4 Å². The molecule has 1 rings (SSSR count). The molecule has 0 heterocycles. The molecule has 1 aliphatic carbocycles. The van der Waals surface area contributed by atoms with E-state index in [2.05, 4.69) is 0 Å². The Balaban J connectivity index is 2.60. The van der Waals surface area contributed by atoms with Crippen LogP contribution in [0.3, 0.4) is 0 Å². The Morgan fingerprint density at radius 1 is 1.28 bits per heavy atom. The molecular weight excluding hydrogens is 253 g/mol. The number of alkyl halides is 3. The molecule has 1 atom stereocenters. The van der Waals surface area contributed by atoms with Gasteiger partial charge < -0.3 is 15.7 Å². The molecule has 5 nitrogen and oxygen atoms in total. The highest BCUT2D eigenvalue weighted by Crippen LogP contribution is 2.48. The molecule has 0 bridgehead atoms. The Bertz CT molecular complexity index is 351. The summed E-state index contributed by atoms with van der Waals surface area (Å²) in [5.41, 5.74) is -2.18. The normalized spacial score (nSPS) is 19.2. The van der Waals surface area contributed by atoms with Crippen molar-refractivity contribution >= 4 is 12.0 Å². The molecule has 0 aromatic rings. The van der Waals surface area contributed by atoms with Crippen molar-refractivity contribution in [1.29, 1.82) is 0 Å². The molecule has 2 amide bonds. The standard InChI is InChI=1S/C10H15F3N2O3/c1-5(2)6(7(16)17)14-8(18)15-9(3-4-9)10(11,12)13/h5-6H,3-4H2,1-2H3,(H,16,17)(H2,14,15,18)/t6-/m1/s1. The lowest BCUT2D eigenvalue weighted by atomic mass is 10.1. The molecular formula is C10H15F3N2O3. The third-order valence-corrected chi connectivity index (χ3v) is 2.86. The number of carboxylic acid groups (broad SMARTS) is 1. The molecule has 1 aliphatic rings. The van der Waals surface area contributed by atoms with Gasteiger partial charge >= 0.3 is 18.2 Å². The molecule has 18 heavy (non-hydrogen) atoms. The number of nitrogens with one attached hydrogen (secondary N) is 2. The van der Waals surface area contributed by atoms with Crippen LogP contribution in [-0.2, 0) is 4.79 Å². The van der Waals surface area contributed by atoms with Crippen LogP contribution in [-0.4, -0.2) is 34.9 Å². The summed E-state index contributed by atoms with van der Waals surface area (Å²) in [4.78, 5) is 22.2. The molecule has 8 heteroatoms. The molecule has 104 valence electrons. The van der Waals surface area contributed by atoms with Gasteiger partial charge in [0.05, 0.1) is 0 Å². The van der Waals surface area contributed by atoms with E-state index in [1.54, 1.807) is 13.8 Å². The van der Waals surface area contributed by atoms with Crippen molar-refractivity contribution in [2.75, 3.05) is 0 Å². The fourth-order valence-electron chi connectivity index (χ4n) is 1.51. The highest BCUT2D eigenvalue weighted by molar-refractivity contribution is 5.83. The summed E-state index contributed by atoms with van der Waals surface area (Å²) in [6.07, 6.45) is -4.87. The second-order valence-corrected chi connectivity index (χ2v) is 4.74. The van der Waals surface area contributed by atoms with Gasteiger partial charge in [0.2, 0.25) is 0 Å². The Labute approximate surface area is 102 Å². The number of urea groups is 1. The topological polar surface area (TPSA) is 78.4 Å². The van der Waals surface area contributed by atoms with Gasteiger partial charge in [0.25, 0.3) is 0 Å². The van der Waals surface area contributed by atoms with Crippen molar-refractivity contribution in [2.24, 2.45) is 5.92 Å². The third-order valence-electron chi connectivity index (χ3n) is 2.86. The van der Waals surface area contributed by atoms with Crippen molar-refractivity contribution < 1.29 is 27.9 Å². The summed E-state index contributed by atoms with van der Waals surface area (Å²) in [7, 11) is 0. The highest BCUT2D eigenvalue weighted by Gasteiger charge is 2.64. The second kappa shape index (κ2) is 4.66. The number of hydrogen-bond acceptors (Lipinski definition) is 2. The first-order chi connectivity index (χ1) is 8.09. The van der Waals surface area contributed by atoms with E-state index >= 15 is 0 Å². The third kappa shape index (κ3) is 3.05. The summed E-state index contributed by atoms with van der Waals surface area (Å²) in [5.74, 6) is -1.70. The van der Waals surface area contributed by atoms with Crippen LogP contribution in [0.2, 0.25) is 0 Å². The van der Waals surface area contributed by atoms with E-state index < -0.39 is 35.7 Å². The number of carbonyl (C=O) groups is 2. The zero-order valence-electron chi connectivity index (χ0n) is 9.97. The van der Waals surface area contributed by atoms with Gasteiger partial charge in [-0.15, -0.1) is 0 Å². The van der Waals surface area contributed by atoms with E-state index in [0.29, 0.717) is 0 Å². The molecule has 0 unspecified atom stereocenters. The van der Waals surface area contributed by atoms with Crippen LogP contribution in [0, 0.1) is 5.92 Å². The molecule has 1 fully saturated rings. The van der Waals surface area contributed by atoms with Crippen LogP contribution >= 0.6 is 0 Å². The number of hydrogen-bond donors (Lipinski definition) is 3. The van der Waals surface area contributed by atoms with Gasteiger partial charge in [0, 0.05) is 0 Å². The van der Waals surface area contributed by atoms with Crippen molar-refractivity contribution in [3.8, 4) is 0 Å². The van der Waals surface area contributed by atoms with Crippen LogP contribution in [0.1, 0.15) is 26.7 Å². The van der Waals surface area contributed by atoms with Crippen molar-refractivity contribution in [3.05, 3.63) is 0 Å². The smallest absolute Gasteiger partial charge is 0.411 e. The summed E-state index contributed by atoms with van der Waals surface area (Å²) in [5, 5.41) is 12.6. The maximum Gasteiger partial charge on any atom is 0.411 e. The number of carbonyl (C=O) groups excluding carboxylic acids is 1. The maximum absolute atomic E-state index is 12.6. The average molecular weight is 268 g/mol. The first-order valence-electron chi connectivity index (χ1n) is 5.47. The van der Waals surface area contributed by atoms with Crippen LogP contribution < -0.4 is 10.6 Å². The number of halogens is 3. The zero-order chi connectivity index (χ0) is 14.1. The summed E-state index contributed by atoms with van der Waals surface area (Å²) < 4.78 is 37.7. The summed E-state index contributed by atoms with van der Waals surface area (Å²) in [6.45, 7) is 3.10. The number of aliphatic carboxylic acids is 1. The molecule has 0 spiro atoms. The Kier molecular flexibility index (Phi) is 3.78. The van der Waals surface area contributed by atoms with Crippen LogP contribution in [0.5, 0.6) is 0 Å². The van der Waals surface area contributed by atoms with E-state index in [-0.39, 0.29) is 12.8 Å². The second-order valence-electron chi connectivity index (χ2n) is 4.74. The van der Waals surface area contributed by atoms with E-state index in [4.69, 9.17) is 5.11 Å². The van der Waals surface area contributed by atoms with Crippen molar-refractivity contribution in [1.82, 2.24) is 10.6 Å². The number of rotatable bonds is 4. The first-order valence-corrected chi connectivity index (χ1v) is 5.47. The van der Waals surface area contributed by atoms with E-state index in [1.165, 1.54) is 0 Å². The van der Waals surface area contributed by atoms with Gasteiger partial charge in [0.15, 0.2) is 0 Å². The highest BCUT2D eigenvalue weighted by atomic mass is 19.4. The predicted molar refractivity (Wildman–Crippen MR) is 55.9 cm³/mol. The quantitative estimate of drug-likeness (QED) is 0.722. The fourth-order valence-corrected chi connectivity index (χ4v) is 1.51.